The number of hydrogen-bond acceptors (Lipinski definition) is 4. The van der Waals surface area contributed by atoms with Gasteiger partial charge < -0.3 is 14.6 Å². The van der Waals surface area contributed by atoms with Gasteiger partial charge in [-0.25, -0.2) is 4.98 Å². The quantitative estimate of drug-likeness (QED) is 0.777. The Balaban J connectivity index is 1.75. The number of para-hydroxylation sites is 1. The number of imidazole rings is 1. The standard InChI is InChI=1S/C17H18N4O/c1-13(2)22-17-10-6-9-15(20-17)19-16-11-21(12-18-16)14-7-4-3-5-8-14/h3-13H,1-2H3,(H,19,20). The highest BCUT2D eigenvalue weighted by atomic mass is 16.5. The van der Waals surface area contributed by atoms with Crippen LogP contribution in [-0.4, -0.2) is 20.6 Å². The second-order valence-electron chi connectivity index (χ2n) is 5.15. The number of benzene rings is 1. The lowest BCUT2D eigenvalue weighted by Crippen LogP contribution is -2.07. The maximum atomic E-state index is 5.59. The summed E-state index contributed by atoms with van der Waals surface area (Å²) in [5, 5.41) is 3.18. The summed E-state index contributed by atoms with van der Waals surface area (Å²) < 4.78 is 7.55. The predicted octanol–water partition coefficient (Wildman–Crippen LogP) is 3.80. The van der Waals surface area contributed by atoms with Crippen LogP contribution in [0.2, 0.25) is 0 Å². The van der Waals surface area contributed by atoms with Crippen molar-refractivity contribution in [2.45, 2.75) is 20.0 Å². The van der Waals surface area contributed by atoms with E-state index in [4.69, 9.17) is 4.74 Å². The van der Waals surface area contributed by atoms with Crippen molar-refractivity contribution in [3.8, 4) is 11.6 Å². The molecule has 22 heavy (non-hydrogen) atoms. The van der Waals surface area contributed by atoms with Gasteiger partial charge in [0.1, 0.15) is 18.0 Å². The zero-order valence-electron chi connectivity index (χ0n) is 12.6. The minimum absolute atomic E-state index is 0.0973. The Kier molecular flexibility index (Phi) is 4.05. The van der Waals surface area contributed by atoms with Crippen molar-refractivity contribution in [3.05, 3.63) is 61.1 Å². The first-order valence-corrected chi connectivity index (χ1v) is 7.21. The van der Waals surface area contributed by atoms with Gasteiger partial charge in [0.05, 0.1) is 12.3 Å². The monoisotopic (exact) mass is 294 g/mol. The van der Waals surface area contributed by atoms with Gasteiger partial charge in [0.25, 0.3) is 0 Å². The molecular weight excluding hydrogens is 276 g/mol. The smallest absolute Gasteiger partial charge is 0.215 e. The van der Waals surface area contributed by atoms with Gasteiger partial charge in [-0.3, -0.25) is 0 Å². The average molecular weight is 294 g/mol. The van der Waals surface area contributed by atoms with Gasteiger partial charge in [-0.1, -0.05) is 24.3 Å². The SMILES string of the molecule is CC(C)Oc1cccc(Nc2cn(-c3ccccc3)cn2)n1. The average Bonchev–Trinajstić information content (AvgIpc) is 2.96. The number of hydrogen-bond donors (Lipinski definition) is 1. The molecular formula is C17H18N4O. The fourth-order valence-electron chi connectivity index (χ4n) is 2.05. The highest BCUT2D eigenvalue weighted by Gasteiger charge is 2.04. The molecule has 1 aromatic carbocycles. The predicted molar refractivity (Wildman–Crippen MR) is 86.8 cm³/mol. The summed E-state index contributed by atoms with van der Waals surface area (Å²) in [7, 11) is 0. The topological polar surface area (TPSA) is 52.0 Å². The molecule has 0 bridgehead atoms. The zero-order valence-corrected chi connectivity index (χ0v) is 12.6. The Bertz CT molecular complexity index is 737. The van der Waals surface area contributed by atoms with Gasteiger partial charge >= 0.3 is 0 Å². The molecule has 0 saturated heterocycles. The van der Waals surface area contributed by atoms with Crippen LogP contribution in [0.1, 0.15) is 13.8 Å². The van der Waals surface area contributed by atoms with Crippen LogP contribution in [-0.2, 0) is 0 Å². The second kappa shape index (κ2) is 6.30. The molecule has 0 aliphatic carbocycles. The molecule has 5 heteroatoms. The highest BCUT2D eigenvalue weighted by molar-refractivity contribution is 5.52. The summed E-state index contributed by atoms with van der Waals surface area (Å²) in [6.45, 7) is 3.95. The molecule has 3 rings (SSSR count). The van der Waals surface area contributed by atoms with Gasteiger partial charge in [0.2, 0.25) is 5.88 Å². The highest BCUT2D eigenvalue weighted by Crippen LogP contribution is 2.18. The minimum atomic E-state index is 0.0973. The molecule has 2 heterocycles. The summed E-state index contributed by atoms with van der Waals surface area (Å²) in [6, 6.07) is 15.7. The first kappa shape index (κ1) is 14.1. The molecule has 3 aromatic rings. The van der Waals surface area contributed by atoms with E-state index < -0.39 is 0 Å². The van der Waals surface area contributed by atoms with E-state index in [1.807, 2.05) is 73.1 Å². The van der Waals surface area contributed by atoms with Gasteiger partial charge in [-0.15, -0.1) is 0 Å². The summed E-state index contributed by atoms with van der Waals surface area (Å²) in [5.41, 5.74) is 1.06. The molecule has 0 aliphatic heterocycles. The van der Waals surface area contributed by atoms with E-state index in [2.05, 4.69) is 15.3 Å². The third kappa shape index (κ3) is 3.44. The van der Waals surface area contributed by atoms with Crippen molar-refractivity contribution in [1.29, 1.82) is 0 Å². The van der Waals surface area contributed by atoms with Crippen molar-refractivity contribution in [1.82, 2.24) is 14.5 Å². The summed E-state index contributed by atoms with van der Waals surface area (Å²) in [5.74, 6) is 2.04. The molecule has 0 atom stereocenters. The van der Waals surface area contributed by atoms with Crippen LogP contribution in [0.4, 0.5) is 11.6 Å². The lowest BCUT2D eigenvalue weighted by Gasteiger charge is -2.09. The molecule has 1 N–H and O–H groups in total. The zero-order chi connectivity index (χ0) is 15.4. The fourth-order valence-corrected chi connectivity index (χ4v) is 2.05. The summed E-state index contributed by atoms with van der Waals surface area (Å²) in [6.07, 6.45) is 3.79. The number of aromatic nitrogens is 3. The Morgan fingerprint density at radius 3 is 2.59 bits per heavy atom. The van der Waals surface area contributed by atoms with Crippen molar-refractivity contribution < 1.29 is 4.74 Å². The Morgan fingerprint density at radius 2 is 1.82 bits per heavy atom. The summed E-state index contributed by atoms with van der Waals surface area (Å²) >= 11 is 0. The van der Waals surface area contributed by atoms with Gasteiger partial charge in [-0.05, 0) is 32.0 Å². The van der Waals surface area contributed by atoms with Crippen LogP contribution in [0, 0.1) is 0 Å². The number of pyridine rings is 1. The van der Waals surface area contributed by atoms with E-state index in [0.717, 1.165) is 11.5 Å². The summed E-state index contributed by atoms with van der Waals surface area (Å²) in [4.78, 5) is 8.76. The molecule has 2 aromatic heterocycles. The molecule has 0 aliphatic rings. The van der Waals surface area contributed by atoms with Gasteiger partial charge in [0.15, 0.2) is 0 Å². The van der Waals surface area contributed by atoms with Crippen molar-refractivity contribution in [2.24, 2.45) is 0 Å². The number of ether oxygens (including phenoxy) is 1. The van der Waals surface area contributed by atoms with E-state index >= 15 is 0 Å². The van der Waals surface area contributed by atoms with E-state index in [-0.39, 0.29) is 6.10 Å². The molecule has 0 amide bonds. The number of rotatable bonds is 5. The molecule has 5 nitrogen and oxygen atoms in total. The maximum Gasteiger partial charge on any atom is 0.215 e. The Morgan fingerprint density at radius 1 is 1.00 bits per heavy atom. The minimum Gasteiger partial charge on any atom is -0.475 e. The van der Waals surface area contributed by atoms with E-state index in [0.29, 0.717) is 11.7 Å². The van der Waals surface area contributed by atoms with Gasteiger partial charge in [0, 0.05) is 11.8 Å². The molecule has 112 valence electrons. The van der Waals surface area contributed by atoms with Crippen LogP contribution in [0.25, 0.3) is 5.69 Å². The fraction of sp³-hybridized carbons (Fsp3) is 0.176. The van der Waals surface area contributed by atoms with Crippen LogP contribution < -0.4 is 10.1 Å². The first-order valence-electron chi connectivity index (χ1n) is 7.21. The van der Waals surface area contributed by atoms with Crippen molar-refractivity contribution >= 4 is 11.6 Å². The maximum absolute atomic E-state index is 5.59. The first-order chi connectivity index (χ1) is 10.7. The third-order valence-electron chi connectivity index (χ3n) is 2.97. The van der Waals surface area contributed by atoms with Gasteiger partial charge in [-0.2, -0.15) is 4.98 Å². The number of nitrogens with zero attached hydrogens (tertiary/aromatic N) is 3. The van der Waals surface area contributed by atoms with Crippen molar-refractivity contribution in [2.75, 3.05) is 5.32 Å². The largest absolute Gasteiger partial charge is 0.475 e. The van der Waals surface area contributed by atoms with Crippen LogP contribution in [0.3, 0.4) is 0 Å². The molecule has 0 spiro atoms. The Labute approximate surface area is 129 Å². The van der Waals surface area contributed by atoms with Crippen LogP contribution in [0.5, 0.6) is 5.88 Å². The molecule has 0 saturated carbocycles. The third-order valence-corrected chi connectivity index (χ3v) is 2.97. The number of nitrogens with one attached hydrogen (secondary N) is 1. The second-order valence-corrected chi connectivity index (χ2v) is 5.15. The molecule has 0 unspecified atom stereocenters. The lowest BCUT2D eigenvalue weighted by molar-refractivity contribution is 0.233. The van der Waals surface area contributed by atoms with Crippen LogP contribution >= 0.6 is 0 Å². The van der Waals surface area contributed by atoms with Crippen LogP contribution in [0.15, 0.2) is 61.1 Å². The molecule has 0 fully saturated rings. The Hall–Kier alpha value is -2.82. The lowest BCUT2D eigenvalue weighted by atomic mass is 10.3. The van der Waals surface area contributed by atoms with E-state index in [1.54, 1.807) is 6.33 Å². The molecule has 0 radical (unpaired) electrons. The normalized spacial score (nSPS) is 10.7. The van der Waals surface area contributed by atoms with E-state index in [9.17, 15) is 0 Å². The van der Waals surface area contributed by atoms with Crippen molar-refractivity contribution in [3.63, 3.8) is 0 Å². The number of anilines is 2. The van der Waals surface area contributed by atoms with E-state index in [1.165, 1.54) is 0 Å².